The second kappa shape index (κ2) is 5.97. The Morgan fingerprint density at radius 2 is 2.05 bits per heavy atom. The first-order valence-corrected chi connectivity index (χ1v) is 6.09. The summed E-state index contributed by atoms with van der Waals surface area (Å²) in [4.78, 5) is 26.5. The van der Waals surface area contributed by atoms with E-state index in [1.165, 1.54) is 6.20 Å². The van der Waals surface area contributed by atoms with Crippen molar-refractivity contribution in [1.29, 1.82) is 0 Å². The molecule has 5 heteroatoms. The highest BCUT2D eigenvalue weighted by Crippen LogP contribution is 2.10. The predicted molar refractivity (Wildman–Crippen MR) is 74.7 cm³/mol. The summed E-state index contributed by atoms with van der Waals surface area (Å²) >= 11 is 0. The predicted octanol–water partition coefficient (Wildman–Crippen LogP) is 2.27. The van der Waals surface area contributed by atoms with Crippen LogP contribution in [0.1, 0.15) is 21.6 Å². The quantitative estimate of drug-likeness (QED) is 0.893. The number of aryl methyl sites for hydroxylation is 1. The van der Waals surface area contributed by atoms with Crippen LogP contribution >= 0.6 is 0 Å². The molecule has 0 spiro atoms. The fourth-order valence-corrected chi connectivity index (χ4v) is 1.75. The van der Waals surface area contributed by atoms with Crippen LogP contribution in [-0.2, 0) is 11.2 Å². The smallest absolute Gasteiger partial charge is 0.309 e. The molecule has 0 unspecified atom stereocenters. The van der Waals surface area contributed by atoms with Crippen LogP contribution in [0, 0.1) is 6.92 Å². The third-order valence-corrected chi connectivity index (χ3v) is 2.70. The van der Waals surface area contributed by atoms with Gasteiger partial charge in [-0.1, -0.05) is 17.7 Å². The fourth-order valence-electron chi connectivity index (χ4n) is 1.75. The lowest BCUT2D eigenvalue weighted by atomic mass is 10.1. The number of carboxylic acid groups (broad SMARTS) is 1. The molecule has 0 fully saturated rings. The summed E-state index contributed by atoms with van der Waals surface area (Å²) in [5.41, 5.74) is 2.56. The van der Waals surface area contributed by atoms with E-state index in [1.807, 2.05) is 19.1 Å². The molecule has 0 aliphatic carbocycles. The molecule has 2 N–H and O–H groups in total. The minimum absolute atomic E-state index is 0.133. The van der Waals surface area contributed by atoms with Crippen LogP contribution in [0.3, 0.4) is 0 Å². The van der Waals surface area contributed by atoms with Gasteiger partial charge in [0.1, 0.15) is 0 Å². The van der Waals surface area contributed by atoms with E-state index >= 15 is 0 Å². The first kappa shape index (κ1) is 13.7. The molecule has 2 rings (SSSR count). The Kier molecular flexibility index (Phi) is 4.10. The zero-order chi connectivity index (χ0) is 14.5. The van der Waals surface area contributed by atoms with Crippen molar-refractivity contribution < 1.29 is 14.7 Å². The van der Waals surface area contributed by atoms with Gasteiger partial charge in [-0.05, 0) is 31.2 Å². The van der Waals surface area contributed by atoms with Gasteiger partial charge in [-0.15, -0.1) is 0 Å². The first-order valence-electron chi connectivity index (χ1n) is 6.09. The lowest BCUT2D eigenvalue weighted by molar-refractivity contribution is -0.136. The molecule has 102 valence electrons. The highest BCUT2D eigenvalue weighted by Gasteiger charge is 2.07. The maximum Gasteiger partial charge on any atom is 0.309 e. The van der Waals surface area contributed by atoms with Crippen LogP contribution in [0.25, 0.3) is 0 Å². The zero-order valence-corrected chi connectivity index (χ0v) is 11.0. The normalized spacial score (nSPS) is 10.1. The third kappa shape index (κ3) is 3.65. The topological polar surface area (TPSA) is 79.3 Å². The average Bonchev–Trinajstić information content (AvgIpc) is 2.40. The van der Waals surface area contributed by atoms with Crippen LogP contribution in [0.2, 0.25) is 0 Å². The first-order chi connectivity index (χ1) is 9.54. The van der Waals surface area contributed by atoms with Gasteiger partial charge in [-0.25, -0.2) is 0 Å². The molecule has 0 aliphatic rings. The van der Waals surface area contributed by atoms with E-state index in [0.717, 1.165) is 5.56 Å². The van der Waals surface area contributed by atoms with Crippen molar-refractivity contribution >= 4 is 17.6 Å². The Morgan fingerprint density at radius 1 is 1.25 bits per heavy atom. The molecule has 1 heterocycles. The van der Waals surface area contributed by atoms with Crippen molar-refractivity contribution in [3.63, 3.8) is 0 Å². The van der Waals surface area contributed by atoms with Gasteiger partial charge in [-0.2, -0.15) is 0 Å². The number of carbonyl (C=O) groups is 2. The lowest BCUT2D eigenvalue weighted by Gasteiger charge is -2.06. The summed E-state index contributed by atoms with van der Waals surface area (Å²) in [7, 11) is 0. The fraction of sp³-hybridized carbons (Fsp3) is 0.133. The van der Waals surface area contributed by atoms with Gasteiger partial charge < -0.3 is 10.4 Å². The molecule has 5 nitrogen and oxygen atoms in total. The molecule has 0 atom stereocenters. The average molecular weight is 270 g/mol. The van der Waals surface area contributed by atoms with E-state index < -0.39 is 5.97 Å². The van der Waals surface area contributed by atoms with Crippen LogP contribution < -0.4 is 5.32 Å². The zero-order valence-electron chi connectivity index (χ0n) is 11.0. The van der Waals surface area contributed by atoms with E-state index in [2.05, 4.69) is 10.3 Å². The number of nitrogens with zero attached hydrogens (tertiary/aromatic N) is 1. The highest BCUT2D eigenvalue weighted by molar-refractivity contribution is 6.04. The number of hydrogen-bond donors (Lipinski definition) is 2. The number of aromatic nitrogens is 1. The van der Waals surface area contributed by atoms with Gasteiger partial charge in [0, 0.05) is 5.56 Å². The van der Waals surface area contributed by atoms with Crippen LogP contribution in [-0.4, -0.2) is 22.0 Å². The molecule has 1 aromatic heterocycles. The number of carbonyl (C=O) groups excluding carboxylic acids is 1. The molecule has 2 aromatic rings. The largest absolute Gasteiger partial charge is 0.481 e. The summed E-state index contributed by atoms with van der Waals surface area (Å²) in [6.45, 7) is 1.92. The van der Waals surface area contributed by atoms with Crippen molar-refractivity contribution in [3.8, 4) is 0 Å². The third-order valence-electron chi connectivity index (χ3n) is 2.70. The summed E-state index contributed by atoms with van der Waals surface area (Å²) in [6.07, 6.45) is 1.32. The van der Waals surface area contributed by atoms with Crippen LogP contribution in [0.5, 0.6) is 0 Å². The van der Waals surface area contributed by atoms with Gasteiger partial charge in [0.05, 0.1) is 24.0 Å². The minimum atomic E-state index is -0.936. The van der Waals surface area contributed by atoms with Gasteiger partial charge >= 0.3 is 5.97 Å². The van der Waals surface area contributed by atoms with Gasteiger partial charge in [0.2, 0.25) is 0 Å². The molecular weight excluding hydrogens is 256 g/mol. The van der Waals surface area contributed by atoms with Crippen molar-refractivity contribution in [1.82, 2.24) is 4.98 Å². The van der Waals surface area contributed by atoms with Crippen molar-refractivity contribution in [2.45, 2.75) is 13.3 Å². The number of benzene rings is 1. The molecule has 0 saturated carbocycles. The standard InChI is InChI=1S/C15H14N2O3/c1-10-3-2-4-11(7-10)15(20)17-13-6-5-12(16-9-13)8-14(18)19/h2-7,9H,8H2,1H3,(H,17,20)(H,18,19). The molecule has 1 aromatic carbocycles. The van der Waals surface area contributed by atoms with E-state index in [-0.39, 0.29) is 12.3 Å². The molecular formula is C15H14N2O3. The number of amides is 1. The Morgan fingerprint density at radius 3 is 2.65 bits per heavy atom. The number of anilines is 1. The monoisotopic (exact) mass is 270 g/mol. The number of pyridine rings is 1. The summed E-state index contributed by atoms with van der Waals surface area (Å²) in [5.74, 6) is -1.16. The van der Waals surface area contributed by atoms with Crippen molar-refractivity contribution in [2.24, 2.45) is 0 Å². The Bertz CT molecular complexity index is 636. The maximum atomic E-state index is 12.0. The Labute approximate surface area is 116 Å². The highest BCUT2D eigenvalue weighted by atomic mass is 16.4. The van der Waals surface area contributed by atoms with E-state index in [1.54, 1.807) is 24.3 Å². The number of aliphatic carboxylic acids is 1. The van der Waals surface area contributed by atoms with Crippen LogP contribution in [0.15, 0.2) is 42.6 Å². The second-order valence-corrected chi connectivity index (χ2v) is 4.43. The van der Waals surface area contributed by atoms with E-state index in [4.69, 9.17) is 5.11 Å². The SMILES string of the molecule is Cc1cccc(C(=O)Nc2ccc(CC(=O)O)nc2)c1. The minimum Gasteiger partial charge on any atom is -0.481 e. The molecule has 0 saturated heterocycles. The van der Waals surface area contributed by atoms with Crippen molar-refractivity contribution in [3.05, 3.63) is 59.4 Å². The second-order valence-electron chi connectivity index (χ2n) is 4.43. The number of hydrogen-bond acceptors (Lipinski definition) is 3. The molecule has 0 bridgehead atoms. The van der Waals surface area contributed by atoms with E-state index in [0.29, 0.717) is 16.9 Å². The molecule has 0 radical (unpaired) electrons. The number of carboxylic acids is 1. The summed E-state index contributed by atoms with van der Waals surface area (Å²) in [5, 5.41) is 11.4. The Balaban J connectivity index is 2.06. The van der Waals surface area contributed by atoms with Gasteiger partial charge in [0.15, 0.2) is 0 Å². The summed E-state index contributed by atoms with van der Waals surface area (Å²) in [6, 6.07) is 10.5. The molecule has 0 aliphatic heterocycles. The molecule has 20 heavy (non-hydrogen) atoms. The van der Waals surface area contributed by atoms with E-state index in [9.17, 15) is 9.59 Å². The van der Waals surface area contributed by atoms with Crippen LogP contribution in [0.4, 0.5) is 5.69 Å². The number of rotatable bonds is 4. The maximum absolute atomic E-state index is 12.0. The van der Waals surface area contributed by atoms with Gasteiger partial charge in [-0.3, -0.25) is 14.6 Å². The Hall–Kier alpha value is -2.69. The summed E-state index contributed by atoms with van der Waals surface area (Å²) < 4.78 is 0. The van der Waals surface area contributed by atoms with Crippen molar-refractivity contribution in [2.75, 3.05) is 5.32 Å². The molecule has 1 amide bonds. The lowest BCUT2D eigenvalue weighted by Crippen LogP contribution is -2.12. The van der Waals surface area contributed by atoms with Gasteiger partial charge in [0.25, 0.3) is 5.91 Å². The number of nitrogens with one attached hydrogen (secondary N) is 1.